The lowest BCUT2D eigenvalue weighted by atomic mass is 9.83. The standard InChI is InChI=1S/C38H50N4O8.2C34H42N4O8/c1-5-10-29(34(45)37(48)39-23-32(44)50-38(2,3)4)40-35(46)30-22-25-11-9-14-28(21-25)49-27-18-15-24(16-19-27)17-20-31(43)42-33(36(47)41-30)26-12-7-6-8-13-26;2*1-2-7-26(31(42)34(45)35-20-29(40)41)36-32(43)27-19-22-8-6-11-25(18-22)46-24-15-12-21(13-16-24)14-17-28(39)38-30(33(44)37-27)23-9-4-3-5-10-23/h9,11,14-16,18-19,21,26,29-30,33H,5-8,10,12-13,17,20,22-23H2,1-4H3,(H,39,48)(H,40,46)(H,41,47)(H,42,43);2*6,8,11-13,15-16,18,23,26-27,30H,2-5,7,9-10,14,17,19-20H2,1H3,(H,35,45)(H,36,43)(H,37,44)(H,38,39)(H,40,41). The number of rotatable bonds is 27. The van der Waals surface area contributed by atoms with E-state index in [4.69, 9.17) is 29.2 Å². The summed E-state index contributed by atoms with van der Waals surface area (Å²) < 4.78 is 23.3. The number of esters is 1. The van der Waals surface area contributed by atoms with Gasteiger partial charge in [-0.2, -0.15) is 0 Å². The number of amides is 12. The number of fused-ring (bicyclic) bond motifs is 30. The van der Waals surface area contributed by atoms with Gasteiger partial charge in [0.25, 0.3) is 17.7 Å². The monoisotopic (exact) mass is 1960 g/mol. The molecule has 9 aliphatic rings. The van der Waals surface area contributed by atoms with Gasteiger partial charge in [0.2, 0.25) is 70.5 Å². The largest absolute Gasteiger partial charge is 0.480 e. The number of ketones is 3. The van der Waals surface area contributed by atoms with Gasteiger partial charge in [0.15, 0.2) is 0 Å². The number of nitrogens with one attached hydrogen (secondary N) is 12. The van der Waals surface area contributed by atoms with E-state index >= 15 is 0 Å². The molecule has 36 nitrogen and oxygen atoms in total. The van der Waals surface area contributed by atoms with Crippen molar-refractivity contribution in [2.75, 3.05) is 19.6 Å². The number of carbonyl (C=O) groups is 18. The minimum atomic E-state index is -1.32. The Morgan fingerprint density at radius 1 is 0.345 bits per heavy atom. The predicted molar refractivity (Wildman–Crippen MR) is 522 cm³/mol. The molecule has 6 aliphatic heterocycles. The summed E-state index contributed by atoms with van der Waals surface area (Å²) in [5, 5.41) is 49.4. The number of hydrogen-bond acceptors (Lipinski definition) is 22. The smallest absolute Gasteiger partial charge is 0.325 e. The Morgan fingerprint density at radius 3 is 0.866 bits per heavy atom. The van der Waals surface area contributed by atoms with Crippen LogP contribution in [0.15, 0.2) is 146 Å². The molecule has 15 rings (SSSR count). The highest BCUT2D eigenvalue weighted by atomic mass is 16.6. The maximum Gasteiger partial charge on any atom is 0.325 e. The van der Waals surface area contributed by atoms with Crippen molar-refractivity contribution in [2.24, 2.45) is 17.8 Å². The van der Waals surface area contributed by atoms with Crippen LogP contribution in [0.4, 0.5) is 0 Å². The molecule has 6 heterocycles. The molecule has 6 aromatic carbocycles. The van der Waals surface area contributed by atoms with E-state index < -0.39 is 168 Å². The van der Waals surface area contributed by atoms with Gasteiger partial charge in [-0.05, 0) is 222 Å². The first-order valence-electron chi connectivity index (χ1n) is 49.5. The van der Waals surface area contributed by atoms with Crippen LogP contribution >= 0.6 is 0 Å². The number of Topliss-reactive ketones (excluding diaryl/α,β-unsaturated/α-hetero) is 3. The van der Waals surface area contributed by atoms with Crippen molar-refractivity contribution in [3.63, 3.8) is 0 Å². The number of aryl methyl sites for hydroxylation is 3. The number of carboxylic acids is 2. The van der Waals surface area contributed by atoms with Gasteiger partial charge in [0.05, 0.1) is 18.1 Å². The zero-order valence-corrected chi connectivity index (χ0v) is 81.5. The fourth-order valence-corrected chi connectivity index (χ4v) is 18.1. The van der Waals surface area contributed by atoms with Crippen molar-refractivity contribution in [3.8, 4) is 34.5 Å². The number of carbonyl (C=O) groups excluding carboxylic acids is 16. The van der Waals surface area contributed by atoms with Crippen molar-refractivity contribution in [1.82, 2.24) is 63.8 Å². The lowest BCUT2D eigenvalue weighted by Gasteiger charge is -2.31. The molecule has 14 N–H and O–H groups in total. The van der Waals surface area contributed by atoms with Crippen LogP contribution < -0.4 is 78.0 Å². The van der Waals surface area contributed by atoms with Gasteiger partial charge in [-0.25, -0.2) is 0 Å². The van der Waals surface area contributed by atoms with Crippen LogP contribution in [0, 0.1) is 17.8 Å². The summed E-state index contributed by atoms with van der Waals surface area (Å²) in [5.41, 5.74) is 4.08. The second-order valence-corrected chi connectivity index (χ2v) is 37.9. The molecule has 3 aliphatic carbocycles. The maximum absolute atomic E-state index is 14.0. The quantitative estimate of drug-likeness (QED) is 0.0169. The number of hydrogen-bond donors (Lipinski definition) is 14. The molecule has 3 saturated carbocycles. The number of carboxylic acid groups (broad SMARTS) is 2. The topological polar surface area (TPSA) is 529 Å². The summed E-state index contributed by atoms with van der Waals surface area (Å²) in [6.07, 6.45) is 17.1. The van der Waals surface area contributed by atoms with Crippen molar-refractivity contribution < 1.29 is 115 Å². The average Bonchev–Trinajstić information content (AvgIpc) is 1.19. The molecule has 0 radical (unpaired) electrons. The summed E-state index contributed by atoms with van der Waals surface area (Å²) in [7, 11) is 0. The first kappa shape index (κ1) is 110. The molecule has 0 spiro atoms. The molecule has 12 amide bonds. The normalized spacial score (nSPS) is 19.7. The highest BCUT2D eigenvalue weighted by Crippen LogP contribution is 2.34. The van der Waals surface area contributed by atoms with E-state index in [9.17, 15) is 86.3 Å². The van der Waals surface area contributed by atoms with Gasteiger partial charge < -0.3 is 93.0 Å². The second-order valence-electron chi connectivity index (χ2n) is 37.9. The molecule has 9 unspecified atom stereocenters. The molecule has 762 valence electrons. The van der Waals surface area contributed by atoms with Crippen LogP contribution in [0.5, 0.6) is 34.5 Å². The van der Waals surface area contributed by atoms with Gasteiger partial charge in [-0.3, -0.25) is 86.3 Å². The van der Waals surface area contributed by atoms with Gasteiger partial charge >= 0.3 is 17.9 Å². The van der Waals surface area contributed by atoms with Crippen LogP contribution in [0.2, 0.25) is 0 Å². The summed E-state index contributed by atoms with van der Waals surface area (Å²) in [5.74, 6) is -10.8. The van der Waals surface area contributed by atoms with Gasteiger partial charge in [0.1, 0.15) is 96.0 Å². The predicted octanol–water partition coefficient (Wildman–Crippen LogP) is 8.97. The Labute approximate surface area is 826 Å². The van der Waals surface area contributed by atoms with E-state index in [0.29, 0.717) is 89.7 Å². The van der Waals surface area contributed by atoms with Crippen LogP contribution in [0.25, 0.3) is 0 Å². The second kappa shape index (κ2) is 55.1. The van der Waals surface area contributed by atoms with Crippen molar-refractivity contribution >= 4 is 106 Å². The first-order valence-corrected chi connectivity index (χ1v) is 49.5. The summed E-state index contributed by atoms with van der Waals surface area (Å²) in [4.78, 5) is 233. The summed E-state index contributed by atoms with van der Waals surface area (Å²) in [6.45, 7) is 8.40. The van der Waals surface area contributed by atoms with Crippen LogP contribution in [-0.2, 0) is 130 Å². The van der Waals surface area contributed by atoms with Crippen LogP contribution in [0.1, 0.15) is 229 Å². The van der Waals surface area contributed by atoms with Gasteiger partial charge in [0, 0.05) is 38.5 Å². The lowest BCUT2D eigenvalue weighted by molar-refractivity contribution is -0.155. The zero-order valence-electron chi connectivity index (χ0n) is 81.5. The van der Waals surface area contributed by atoms with Crippen LogP contribution in [-0.4, -0.2) is 196 Å². The summed E-state index contributed by atoms with van der Waals surface area (Å²) in [6, 6.07) is 33.9. The van der Waals surface area contributed by atoms with Gasteiger partial charge in [-0.1, -0.05) is 171 Å². The van der Waals surface area contributed by atoms with E-state index in [-0.39, 0.29) is 93.3 Å². The van der Waals surface area contributed by atoms with E-state index in [1.54, 1.807) is 114 Å². The maximum atomic E-state index is 14.0. The highest BCUT2D eigenvalue weighted by molar-refractivity contribution is 6.40. The number of benzene rings is 6. The highest BCUT2D eigenvalue weighted by Gasteiger charge is 2.41. The fraction of sp³-hybridized carbons (Fsp3) is 0.491. The third-order valence-corrected chi connectivity index (χ3v) is 25.4. The Balaban J connectivity index is 0.000000219. The fourth-order valence-electron chi connectivity index (χ4n) is 18.1. The lowest BCUT2D eigenvalue weighted by Crippen LogP contribution is -2.58. The van der Waals surface area contributed by atoms with Gasteiger partial charge in [-0.15, -0.1) is 0 Å². The molecular weight excluding hydrogens is 1830 g/mol. The Bertz CT molecular complexity index is 5200. The molecule has 36 heteroatoms. The Kier molecular flexibility index (Phi) is 42.6. The zero-order chi connectivity index (χ0) is 102. The first-order chi connectivity index (χ1) is 68.0. The molecule has 9 atom stereocenters. The molecule has 142 heavy (non-hydrogen) atoms. The summed E-state index contributed by atoms with van der Waals surface area (Å²) >= 11 is 0. The number of ether oxygens (including phenoxy) is 4. The minimum Gasteiger partial charge on any atom is -0.480 e. The third-order valence-electron chi connectivity index (χ3n) is 25.4. The third kappa shape index (κ3) is 35.8. The van der Waals surface area contributed by atoms with Crippen LogP contribution in [0.3, 0.4) is 0 Å². The molecule has 0 aromatic heterocycles. The minimum absolute atomic E-state index is 0.0251. The molecular formula is C106H134N12O24. The average molecular weight is 1960 g/mol. The van der Waals surface area contributed by atoms with Crippen molar-refractivity contribution in [1.29, 1.82) is 0 Å². The molecule has 12 bridgehead atoms. The van der Waals surface area contributed by atoms with Crippen molar-refractivity contribution in [2.45, 2.75) is 294 Å². The van der Waals surface area contributed by atoms with Crippen molar-refractivity contribution in [3.05, 3.63) is 179 Å². The van der Waals surface area contributed by atoms with E-state index in [0.717, 1.165) is 113 Å². The Hall–Kier alpha value is -14.2. The SMILES string of the molecule is CCCC(NC(=O)C1Cc2cccc(c2)Oc2ccc(cc2)CCC(=O)NC(C2CCCCC2)C(=O)N1)C(=O)C(=O)NCC(=O)O.CCCC(NC(=O)C1Cc2cccc(c2)Oc2ccc(cc2)CCC(=O)NC(C2CCCCC2)C(=O)N1)C(=O)C(=O)NCC(=O)O.CCCC(NC(=O)C1Cc2cccc(c2)Oc2ccc(cc2)CCC(=O)NC(C2CCCCC2)C(=O)N1)C(=O)C(=O)NCC(=O)OC(C)(C)C. The van der Waals surface area contributed by atoms with E-state index in [2.05, 4.69) is 53.2 Å². The van der Waals surface area contributed by atoms with E-state index in [1.165, 1.54) is 0 Å². The molecule has 3 fully saturated rings. The van der Waals surface area contributed by atoms with E-state index in [1.807, 2.05) is 83.4 Å². The Morgan fingerprint density at radius 2 is 0.613 bits per heavy atom. The molecule has 0 saturated heterocycles. The molecule has 6 aromatic rings. The number of aliphatic carboxylic acids is 2.